The highest BCUT2D eigenvalue weighted by molar-refractivity contribution is 5.82. The molecule has 110 valence electrons. The van der Waals surface area contributed by atoms with E-state index < -0.39 is 0 Å². The molecule has 0 aromatic heterocycles. The minimum Gasteiger partial charge on any atom is -0.491 e. The first kappa shape index (κ1) is 14.8. The fourth-order valence-electron chi connectivity index (χ4n) is 2.19. The number of ether oxygens (including phenoxy) is 2. The number of hydrogen-bond donors (Lipinski definition) is 2. The van der Waals surface area contributed by atoms with Gasteiger partial charge in [0.2, 0.25) is 5.91 Å². The van der Waals surface area contributed by atoms with Crippen LogP contribution in [0.1, 0.15) is 12.5 Å². The monoisotopic (exact) mass is 278 g/mol. The summed E-state index contributed by atoms with van der Waals surface area (Å²) < 4.78 is 11.1. The highest BCUT2D eigenvalue weighted by Gasteiger charge is 2.27. The molecule has 20 heavy (non-hydrogen) atoms. The molecule has 1 aliphatic rings. The molecule has 1 aromatic carbocycles. The molecule has 1 amide bonds. The average molecular weight is 278 g/mol. The van der Waals surface area contributed by atoms with Crippen LogP contribution < -0.4 is 15.4 Å². The van der Waals surface area contributed by atoms with Gasteiger partial charge in [-0.25, -0.2) is 0 Å². The predicted molar refractivity (Wildman–Crippen MR) is 76.9 cm³/mol. The topological polar surface area (TPSA) is 59.6 Å². The fourth-order valence-corrected chi connectivity index (χ4v) is 2.19. The molecule has 1 fully saturated rings. The van der Waals surface area contributed by atoms with Gasteiger partial charge in [0.15, 0.2) is 0 Å². The van der Waals surface area contributed by atoms with E-state index >= 15 is 0 Å². The van der Waals surface area contributed by atoms with Gasteiger partial charge in [-0.2, -0.15) is 0 Å². The number of para-hydroxylation sites is 1. The maximum absolute atomic E-state index is 12.0. The Kier molecular flexibility index (Phi) is 5.38. The number of carbonyl (C=O) groups is 1. The molecule has 0 saturated carbocycles. The van der Waals surface area contributed by atoms with E-state index in [1.807, 2.05) is 38.1 Å². The number of benzene rings is 1. The number of nitrogens with one attached hydrogen (secondary N) is 2. The van der Waals surface area contributed by atoms with Gasteiger partial charge in [0.1, 0.15) is 18.4 Å². The van der Waals surface area contributed by atoms with Crippen LogP contribution in [-0.4, -0.2) is 44.4 Å². The zero-order chi connectivity index (χ0) is 14.4. The van der Waals surface area contributed by atoms with Crippen LogP contribution in [0.15, 0.2) is 24.3 Å². The highest BCUT2D eigenvalue weighted by atomic mass is 16.5. The van der Waals surface area contributed by atoms with Crippen molar-refractivity contribution in [2.45, 2.75) is 26.0 Å². The van der Waals surface area contributed by atoms with E-state index in [-0.39, 0.29) is 18.1 Å². The lowest BCUT2D eigenvalue weighted by Crippen LogP contribution is -2.55. The molecule has 0 unspecified atom stereocenters. The molecule has 2 atom stereocenters. The molecular formula is C15H22N2O3. The van der Waals surface area contributed by atoms with Crippen LogP contribution in [0.3, 0.4) is 0 Å². The van der Waals surface area contributed by atoms with Crippen molar-refractivity contribution in [2.75, 3.05) is 26.3 Å². The first-order valence-corrected chi connectivity index (χ1v) is 6.99. The first-order valence-electron chi connectivity index (χ1n) is 6.99. The van der Waals surface area contributed by atoms with Gasteiger partial charge in [0.05, 0.1) is 19.3 Å². The van der Waals surface area contributed by atoms with Crippen molar-refractivity contribution in [1.29, 1.82) is 0 Å². The van der Waals surface area contributed by atoms with Gasteiger partial charge in [0.25, 0.3) is 0 Å². The van der Waals surface area contributed by atoms with Gasteiger partial charge in [0, 0.05) is 6.54 Å². The number of morpholine rings is 1. The molecule has 0 radical (unpaired) electrons. The average Bonchev–Trinajstić information content (AvgIpc) is 2.45. The molecule has 1 heterocycles. The molecule has 5 nitrogen and oxygen atoms in total. The first-order chi connectivity index (χ1) is 9.68. The summed E-state index contributed by atoms with van der Waals surface area (Å²) in [6.45, 7) is 6.21. The standard InChI is InChI=1S/C15H22N2O3/c1-11-5-3-4-6-13(11)20-10-8-17-15(18)14-12(2)19-9-7-16-14/h3-6,12,14,16H,7-10H2,1-2H3,(H,17,18)/t12-,14+/m1/s1. The number of rotatable bonds is 5. The molecule has 0 spiro atoms. The minimum absolute atomic E-state index is 0.0365. The summed E-state index contributed by atoms with van der Waals surface area (Å²) >= 11 is 0. The van der Waals surface area contributed by atoms with E-state index in [0.717, 1.165) is 11.3 Å². The van der Waals surface area contributed by atoms with Crippen molar-refractivity contribution in [3.05, 3.63) is 29.8 Å². The Hall–Kier alpha value is -1.59. The van der Waals surface area contributed by atoms with Crippen molar-refractivity contribution < 1.29 is 14.3 Å². The van der Waals surface area contributed by atoms with E-state index in [0.29, 0.717) is 26.3 Å². The molecule has 1 saturated heterocycles. The largest absolute Gasteiger partial charge is 0.491 e. The van der Waals surface area contributed by atoms with Gasteiger partial charge >= 0.3 is 0 Å². The lowest BCUT2D eigenvalue weighted by molar-refractivity contribution is -0.129. The summed E-state index contributed by atoms with van der Waals surface area (Å²) in [5.74, 6) is 0.819. The van der Waals surface area contributed by atoms with E-state index in [4.69, 9.17) is 9.47 Å². The SMILES string of the molecule is Cc1ccccc1OCCNC(=O)[C@H]1NCCO[C@@H]1C. The van der Waals surface area contributed by atoms with Crippen molar-refractivity contribution in [3.8, 4) is 5.75 Å². The van der Waals surface area contributed by atoms with Crippen LogP contribution in [0.2, 0.25) is 0 Å². The maximum atomic E-state index is 12.0. The van der Waals surface area contributed by atoms with E-state index in [1.54, 1.807) is 0 Å². The second-order valence-corrected chi connectivity index (χ2v) is 4.91. The van der Waals surface area contributed by atoms with Gasteiger partial charge in [-0.05, 0) is 25.5 Å². The molecule has 2 N–H and O–H groups in total. The lowest BCUT2D eigenvalue weighted by atomic mass is 10.1. The van der Waals surface area contributed by atoms with Crippen LogP contribution >= 0.6 is 0 Å². The smallest absolute Gasteiger partial charge is 0.239 e. The van der Waals surface area contributed by atoms with E-state index in [2.05, 4.69) is 10.6 Å². The Balaban J connectivity index is 1.70. The minimum atomic E-state index is -0.276. The number of amides is 1. The van der Waals surface area contributed by atoms with E-state index in [9.17, 15) is 4.79 Å². The van der Waals surface area contributed by atoms with Gasteiger partial charge in [-0.3, -0.25) is 4.79 Å². The molecule has 1 aliphatic heterocycles. The summed E-state index contributed by atoms with van der Waals surface area (Å²) in [5, 5.41) is 6.02. The molecule has 1 aromatic rings. The molecule has 0 bridgehead atoms. The summed E-state index contributed by atoms with van der Waals surface area (Å²) in [5.41, 5.74) is 1.09. The van der Waals surface area contributed by atoms with Crippen molar-refractivity contribution in [2.24, 2.45) is 0 Å². The van der Waals surface area contributed by atoms with Crippen LogP contribution in [0, 0.1) is 6.92 Å². The summed E-state index contributed by atoms with van der Waals surface area (Å²) in [6.07, 6.45) is -0.0963. The van der Waals surface area contributed by atoms with Crippen LogP contribution in [-0.2, 0) is 9.53 Å². The maximum Gasteiger partial charge on any atom is 0.239 e. The van der Waals surface area contributed by atoms with Crippen LogP contribution in [0.5, 0.6) is 5.75 Å². The quantitative estimate of drug-likeness (QED) is 0.785. The second kappa shape index (κ2) is 7.26. The van der Waals surface area contributed by atoms with Crippen LogP contribution in [0.25, 0.3) is 0 Å². The Morgan fingerprint density at radius 1 is 1.50 bits per heavy atom. The molecule has 2 rings (SSSR count). The Morgan fingerprint density at radius 2 is 2.30 bits per heavy atom. The third-order valence-electron chi connectivity index (χ3n) is 3.35. The summed E-state index contributed by atoms with van der Waals surface area (Å²) in [7, 11) is 0. The Bertz CT molecular complexity index is 450. The number of aryl methyl sites for hydroxylation is 1. The number of hydrogen-bond acceptors (Lipinski definition) is 4. The zero-order valence-corrected chi connectivity index (χ0v) is 12.0. The van der Waals surface area contributed by atoms with Crippen molar-refractivity contribution in [1.82, 2.24) is 10.6 Å². The van der Waals surface area contributed by atoms with Crippen LogP contribution in [0.4, 0.5) is 0 Å². The second-order valence-electron chi connectivity index (χ2n) is 4.91. The van der Waals surface area contributed by atoms with Gasteiger partial charge < -0.3 is 20.1 Å². The number of carbonyl (C=O) groups excluding carboxylic acids is 1. The zero-order valence-electron chi connectivity index (χ0n) is 12.0. The molecule has 0 aliphatic carbocycles. The highest BCUT2D eigenvalue weighted by Crippen LogP contribution is 2.15. The Labute approximate surface area is 119 Å². The van der Waals surface area contributed by atoms with Gasteiger partial charge in [-0.1, -0.05) is 18.2 Å². The normalized spacial score (nSPS) is 22.3. The molecular weight excluding hydrogens is 256 g/mol. The summed E-state index contributed by atoms with van der Waals surface area (Å²) in [4.78, 5) is 12.0. The third kappa shape index (κ3) is 3.95. The lowest BCUT2D eigenvalue weighted by Gasteiger charge is -2.29. The van der Waals surface area contributed by atoms with Gasteiger partial charge in [-0.15, -0.1) is 0 Å². The third-order valence-corrected chi connectivity index (χ3v) is 3.35. The van der Waals surface area contributed by atoms with E-state index in [1.165, 1.54) is 0 Å². The van der Waals surface area contributed by atoms with Crippen molar-refractivity contribution >= 4 is 5.91 Å². The Morgan fingerprint density at radius 3 is 3.05 bits per heavy atom. The summed E-state index contributed by atoms with van der Waals surface area (Å²) in [6, 6.07) is 7.56. The molecule has 5 heteroatoms. The fraction of sp³-hybridized carbons (Fsp3) is 0.533. The predicted octanol–water partition coefficient (Wildman–Crippen LogP) is 0.867. The van der Waals surface area contributed by atoms with Crippen molar-refractivity contribution in [3.63, 3.8) is 0 Å².